The summed E-state index contributed by atoms with van der Waals surface area (Å²) >= 11 is 0. The molecule has 10 aromatic rings. The second-order valence-corrected chi connectivity index (χ2v) is 12.8. The number of hydrogen-bond acceptors (Lipinski definition) is 2. The summed E-state index contributed by atoms with van der Waals surface area (Å²) in [5, 5.41) is 4.60. The molecule has 0 saturated carbocycles. The number of furan rings is 1. The van der Waals surface area contributed by atoms with Crippen LogP contribution in [0.15, 0.2) is 186 Å². The smallest absolute Gasteiger partial charge is 0.137 e. The van der Waals surface area contributed by atoms with Crippen molar-refractivity contribution in [1.82, 2.24) is 9.55 Å². The van der Waals surface area contributed by atoms with E-state index >= 15 is 0 Å². The molecule has 0 aliphatic rings. The summed E-state index contributed by atoms with van der Waals surface area (Å²) in [4.78, 5) is 5.27. The van der Waals surface area contributed by atoms with Crippen molar-refractivity contribution < 1.29 is 4.42 Å². The van der Waals surface area contributed by atoms with Crippen molar-refractivity contribution in [3.63, 3.8) is 0 Å². The highest BCUT2D eigenvalue weighted by Crippen LogP contribution is 2.41. The average Bonchev–Trinajstić information content (AvgIpc) is 3.74. The van der Waals surface area contributed by atoms with E-state index in [4.69, 9.17) is 9.40 Å². The SMILES string of the molecule is c1ccc(-c2cc(-c3ccccc3)nc(-c3ccc4c5ccc(-c6ccccc6)cc5n(-c5cccc6oc7ccccc7c56)c4c3)c2)cc1. The van der Waals surface area contributed by atoms with E-state index in [-0.39, 0.29) is 0 Å². The van der Waals surface area contributed by atoms with Gasteiger partial charge in [0.1, 0.15) is 11.2 Å². The molecule has 0 N–H and O–H groups in total. The normalized spacial score (nSPS) is 11.6. The molecule has 3 heterocycles. The van der Waals surface area contributed by atoms with Crippen LogP contribution in [0.25, 0.3) is 94.2 Å². The molecular formula is C47H30N2O. The van der Waals surface area contributed by atoms with Gasteiger partial charge in [-0.05, 0) is 64.7 Å². The lowest BCUT2D eigenvalue weighted by Crippen LogP contribution is -1.96. The largest absolute Gasteiger partial charge is 0.456 e. The zero-order valence-corrected chi connectivity index (χ0v) is 27.1. The Hall–Kier alpha value is -6.71. The van der Waals surface area contributed by atoms with Gasteiger partial charge >= 0.3 is 0 Å². The third kappa shape index (κ3) is 4.63. The lowest BCUT2D eigenvalue weighted by atomic mass is 9.99. The van der Waals surface area contributed by atoms with Crippen LogP contribution in [0.2, 0.25) is 0 Å². The van der Waals surface area contributed by atoms with E-state index in [1.165, 1.54) is 21.9 Å². The average molecular weight is 639 g/mol. The van der Waals surface area contributed by atoms with E-state index in [0.717, 1.165) is 72.3 Å². The molecule has 3 heteroatoms. The third-order valence-electron chi connectivity index (χ3n) is 9.79. The van der Waals surface area contributed by atoms with Gasteiger partial charge in [0, 0.05) is 27.3 Å². The number of hydrogen-bond donors (Lipinski definition) is 0. The summed E-state index contributed by atoms with van der Waals surface area (Å²) < 4.78 is 8.81. The third-order valence-corrected chi connectivity index (χ3v) is 9.79. The summed E-state index contributed by atoms with van der Waals surface area (Å²) in [6, 6.07) is 64.3. The van der Waals surface area contributed by atoms with Crippen LogP contribution < -0.4 is 0 Å². The standard InChI is InChI=1S/C47H30N2O/c1-4-13-31(14-5-1)34-23-25-37-38-26-24-35(41-28-36(32-15-6-2-7-16-32)27-40(48-41)33-17-8-3-9-18-33)30-44(38)49(43(37)29-34)42-20-12-22-46-47(42)39-19-10-11-21-45(39)50-46/h1-30H. The van der Waals surface area contributed by atoms with Gasteiger partial charge in [-0.3, -0.25) is 0 Å². The Morgan fingerprint density at radius 3 is 1.60 bits per heavy atom. The van der Waals surface area contributed by atoms with Gasteiger partial charge in [0.05, 0.1) is 33.5 Å². The Labute approximate surface area is 289 Å². The maximum absolute atomic E-state index is 6.39. The first kappa shape index (κ1) is 28.3. The molecule has 0 spiro atoms. The molecule has 3 aromatic heterocycles. The number of nitrogens with zero attached hydrogens (tertiary/aromatic N) is 2. The molecule has 0 radical (unpaired) electrons. The Kier molecular flexibility index (Phi) is 6.49. The molecule has 10 rings (SSSR count). The number of rotatable bonds is 5. The first-order valence-corrected chi connectivity index (χ1v) is 17.0. The highest BCUT2D eigenvalue weighted by molar-refractivity contribution is 6.15. The van der Waals surface area contributed by atoms with Crippen molar-refractivity contribution in [3.8, 4) is 50.5 Å². The monoisotopic (exact) mass is 638 g/mol. The van der Waals surface area contributed by atoms with Gasteiger partial charge in [0.25, 0.3) is 0 Å². The van der Waals surface area contributed by atoms with Gasteiger partial charge in [0.15, 0.2) is 0 Å². The van der Waals surface area contributed by atoms with Crippen molar-refractivity contribution in [1.29, 1.82) is 0 Å². The zero-order valence-electron chi connectivity index (χ0n) is 27.1. The molecule has 0 fully saturated rings. The Morgan fingerprint density at radius 1 is 0.360 bits per heavy atom. The van der Waals surface area contributed by atoms with Crippen molar-refractivity contribution >= 4 is 43.7 Å². The lowest BCUT2D eigenvalue weighted by Gasteiger charge is -2.13. The second kappa shape index (κ2) is 11.5. The minimum Gasteiger partial charge on any atom is -0.456 e. The van der Waals surface area contributed by atoms with E-state index < -0.39 is 0 Å². The summed E-state index contributed by atoms with van der Waals surface area (Å²) in [5.74, 6) is 0. The van der Waals surface area contributed by atoms with E-state index in [0.29, 0.717) is 0 Å². The fourth-order valence-electron chi connectivity index (χ4n) is 7.42. The predicted octanol–water partition coefficient (Wildman–Crippen LogP) is 12.7. The Balaban J connectivity index is 1.27. The topological polar surface area (TPSA) is 31.0 Å². The molecule has 50 heavy (non-hydrogen) atoms. The van der Waals surface area contributed by atoms with E-state index in [1.807, 2.05) is 18.2 Å². The molecule has 0 amide bonds. The van der Waals surface area contributed by atoms with Gasteiger partial charge in [-0.1, -0.05) is 140 Å². The first-order valence-electron chi connectivity index (χ1n) is 17.0. The maximum Gasteiger partial charge on any atom is 0.137 e. The zero-order chi connectivity index (χ0) is 33.0. The number of para-hydroxylation sites is 1. The van der Waals surface area contributed by atoms with Crippen LogP contribution in [0.5, 0.6) is 0 Å². The van der Waals surface area contributed by atoms with Gasteiger partial charge in [-0.25, -0.2) is 4.98 Å². The number of benzene rings is 7. The molecule has 0 saturated heterocycles. The molecule has 0 bridgehead atoms. The highest BCUT2D eigenvalue weighted by Gasteiger charge is 2.19. The van der Waals surface area contributed by atoms with Gasteiger partial charge in [-0.2, -0.15) is 0 Å². The molecule has 234 valence electrons. The molecule has 0 aliphatic carbocycles. The molecule has 0 aliphatic heterocycles. The minimum absolute atomic E-state index is 0.874. The van der Waals surface area contributed by atoms with Crippen molar-refractivity contribution in [3.05, 3.63) is 182 Å². The van der Waals surface area contributed by atoms with Crippen LogP contribution in [0.3, 0.4) is 0 Å². The number of fused-ring (bicyclic) bond motifs is 6. The van der Waals surface area contributed by atoms with E-state index in [9.17, 15) is 0 Å². The molecule has 0 unspecified atom stereocenters. The fourth-order valence-corrected chi connectivity index (χ4v) is 7.42. The quantitative estimate of drug-likeness (QED) is 0.188. The van der Waals surface area contributed by atoms with E-state index in [1.54, 1.807) is 0 Å². The molecule has 7 aromatic carbocycles. The van der Waals surface area contributed by atoms with Crippen LogP contribution in [-0.4, -0.2) is 9.55 Å². The summed E-state index contributed by atoms with van der Waals surface area (Å²) in [5.41, 5.74) is 13.8. The van der Waals surface area contributed by atoms with Crippen LogP contribution >= 0.6 is 0 Å². The van der Waals surface area contributed by atoms with Gasteiger partial charge < -0.3 is 8.98 Å². The van der Waals surface area contributed by atoms with Crippen LogP contribution in [0.4, 0.5) is 0 Å². The minimum atomic E-state index is 0.874. The summed E-state index contributed by atoms with van der Waals surface area (Å²) in [6.45, 7) is 0. The van der Waals surface area contributed by atoms with Gasteiger partial charge in [-0.15, -0.1) is 0 Å². The fraction of sp³-hybridized carbons (Fsp3) is 0. The Bertz CT molecular complexity index is 2790. The molecular weight excluding hydrogens is 609 g/mol. The molecule has 0 atom stereocenters. The second-order valence-electron chi connectivity index (χ2n) is 12.8. The molecule has 3 nitrogen and oxygen atoms in total. The van der Waals surface area contributed by atoms with Crippen LogP contribution in [0.1, 0.15) is 0 Å². The first-order chi connectivity index (χ1) is 24.8. The van der Waals surface area contributed by atoms with Crippen molar-refractivity contribution in [2.75, 3.05) is 0 Å². The lowest BCUT2D eigenvalue weighted by molar-refractivity contribution is 0.669. The predicted molar refractivity (Wildman–Crippen MR) is 208 cm³/mol. The highest BCUT2D eigenvalue weighted by atomic mass is 16.3. The maximum atomic E-state index is 6.39. The summed E-state index contributed by atoms with van der Waals surface area (Å²) in [7, 11) is 0. The number of pyridine rings is 1. The van der Waals surface area contributed by atoms with Crippen LogP contribution in [0, 0.1) is 0 Å². The van der Waals surface area contributed by atoms with Crippen molar-refractivity contribution in [2.45, 2.75) is 0 Å². The van der Waals surface area contributed by atoms with Gasteiger partial charge in [0.2, 0.25) is 0 Å². The summed E-state index contributed by atoms with van der Waals surface area (Å²) in [6.07, 6.45) is 0. The Morgan fingerprint density at radius 2 is 0.900 bits per heavy atom. The van der Waals surface area contributed by atoms with Crippen molar-refractivity contribution in [2.24, 2.45) is 0 Å². The van der Waals surface area contributed by atoms with Crippen LogP contribution in [-0.2, 0) is 0 Å². The number of aromatic nitrogens is 2. The van der Waals surface area contributed by atoms with E-state index in [2.05, 4.69) is 168 Å².